The van der Waals surface area contributed by atoms with Crippen LogP contribution in [0.1, 0.15) is 124 Å². The van der Waals surface area contributed by atoms with E-state index < -0.39 is 0 Å². The minimum absolute atomic E-state index is 0.187. The molecule has 0 bridgehead atoms. The second-order valence-electron chi connectivity index (χ2n) is 18.1. The van der Waals surface area contributed by atoms with E-state index in [9.17, 15) is 0 Å². The summed E-state index contributed by atoms with van der Waals surface area (Å²) in [5.41, 5.74) is 20.2. The molecule has 0 unspecified atom stereocenters. The van der Waals surface area contributed by atoms with Crippen LogP contribution in [0.15, 0.2) is 121 Å². The lowest BCUT2D eigenvalue weighted by Gasteiger charge is -2.44. The van der Waals surface area contributed by atoms with E-state index in [0.717, 1.165) is 0 Å². The average Bonchev–Trinajstić information content (AvgIpc) is 3.69. The second-order valence-corrected chi connectivity index (χ2v) is 18.1. The number of hydrogen-bond donors (Lipinski definition) is 0. The maximum Gasteiger partial charge on any atom is 0.151 e. The van der Waals surface area contributed by atoms with E-state index in [2.05, 4.69) is 224 Å². The van der Waals surface area contributed by atoms with Crippen LogP contribution in [-0.4, -0.2) is 12.3 Å². The molecule has 6 aromatic rings. The van der Waals surface area contributed by atoms with Crippen molar-refractivity contribution in [1.29, 1.82) is 0 Å². The number of fused-ring (bicyclic) bond motifs is 2. The summed E-state index contributed by atoms with van der Waals surface area (Å²) in [7, 11) is 0. The van der Waals surface area contributed by atoms with Gasteiger partial charge in [0.2, 0.25) is 0 Å². The van der Waals surface area contributed by atoms with Crippen LogP contribution >= 0.6 is 0 Å². The standard InChI is InChI=1S/C54H62N4/c1-33(2)41-13-21-45(22-14-41)55-49-29-37(9)38(10)30-50(49)56(46-23-15-42(16-24-46)34(3)4)53(55)54-57(47-25-17-43(18-26-47)35(5)6)51-31-39(11)40(12)32-52(51)58(54)48-27-19-44(20-28-48)36(7)8/h13-36,53-54H,1-12H3. The van der Waals surface area contributed by atoms with Gasteiger partial charge in [-0.3, -0.25) is 0 Å². The van der Waals surface area contributed by atoms with Crippen molar-refractivity contribution < 1.29 is 0 Å². The first-order valence-corrected chi connectivity index (χ1v) is 21.5. The number of nitrogens with zero attached hydrogens (tertiary/aromatic N) is 4. The quantitative estimate of drug-likeness (QED) is 0.145. The second kappa shape index (κ2) is 15.4. The van der Waals surface area contributed by atoms with Crippen LogP contribution in [0.4, 0.5) is 45.5 Å². The molecular formula is C54H62N4. The van der Waals surface area contributed by atoms with Crippen molar-refractivity contribution in [3.63, 3.8) is 0 Å². The first kappa shape index (κ1) is 39.4. The maximum absolute atomic E-state index is 2.64. The Kier molecular flexibility index (Phi) is 10.4. The largest absolute Gasteiger partial charge is 0.314 e. The molecule has 0 amide bonds. The first-order valence-electron chi connectivity index (χ1n) is 21.5. The van der Waals surface area contributed by atoms with Crippen molar-refractivity contribution in [2.45, 2.75) is 119 Å². The molecule has 0 spiro atoms. The molecule has 8 rings (SSSR count). The van der Waals surface area contributed by atoms with E-state index in [1.54, 1.807) is 0 Å². The smallest absolute Gasteiger partial charge is 0.151 e. The molecule has 0 aromatic heterocycles. The van der Waals surface area contributed by atoms with E-state index in [0.29, 0.717) is 23.7 Å². The molecule has 0 aliphatic carbocycles. The molecule has 6 aromatic carbocycles. The molecule has 2 aliphatic rings. The van der Waals surface area contributed by atoms with Crippen molar-refractivity contribution in [2.24, 2.45) is 0 Å². The van der Waals surface area contributed by atoms with Crippen molar-refractivity contribution >= 4 is 45.5 Å². The molecule has 58 heavy (non-hydrogen) atoms. The zero-order valence-electron chi connectivity index (χ0n) is 36.8. The number of anilines is 8. The minimum atomic E-state index is -0.187. The molecule has 0 saturated carbocycles. The molecule has 4 heteroatoms. The zero-order chi connectivity index (χ0) is 41.2. The van der Waals surface area contributed by atoms with Crippen LogP contribution in [0.2, 0.25) is 0 Å². The van der Waals surface area contributed by atoms with Gasteiger partial charge >= 0.3 is 0 Å². The van der Waals surface area contributed by atoms with Crippen molar-refractivity contribution in [1.82, 2.24) is 0 Å². The molecule has 2 aliphatic heterocycles. The zero-order valence-corrected chi connectivity index (χ0v) is 36.8. The summed E-state index contributed by atoms with van der Waals surface area (Å²) in [5, 5.41) is 0. The van der Waals surface area contributed by atoms with Crippen LogP contribution in [0.5, 0.6) is 0 Å². The fraction of sp³-hybridized carbons (Fsp3) is 0.333. The highest BCUT2D eigenvalue weighted by atomic mass is 15.5. The summed E-state index contributed by atoms with van der Waals surface area (Å²) in [5.74, 6) is 1.78. The Bertz CT molecular complexity index is 2060. The maximum atomic E-state index is 2.64. The summed E-state index contributed by atoms with van der Waals surface area (Å²) in [6.07, 6.45) is -0.373. The summed E-state index contributed by atoms with van der Waals surface area (Å²) in [6, 6.07) is 47.2. The number of aryl methyl sites for hydroxylation is 4. The summed E-state index contributed by atoms with van der Waals surface area (Å²) in [4.78, 5) is 10.6. The lowest BCUT2D eigenvalue weighted by molar-refractivity contribution is 0.549. The first-order chi connectivity index (χ1) is 27.7. The predicted molar refractivity (Wildman–Crippen MR) is 250 cm³/mol. The third-order valence-corrected chi connectivity index (χ3v) is 12.9. The van der Waals surface area contributed by atoms with Crippen LogP contribution in [0.25, 0.3) is 0 Å². The van der Waals surface area contributed by atoms with Gasteiger partial charge in [-0.05, 0) is 169 Å². The summed E-state index contributed by atoms with van der Waals surface area (Å²) < 4.78 is 0. The van der Waals surface area contributed by atoms with E-state index in [1.807, 2.05) is 0 Å². The molecular weight excluding hydrogens is 705 g/mol. The molecule has 0 radical (unpaired) electrons. The number of hydrogen-bond acceptors (Lipinski definition) is 4. The van der Waals surface area contributed by atoms with Crippen molar-refractivity contribution in [3.8, 4) is 0 Å². The van der Waals surface area contributed by atoms with Crippen LogP contribution < -0.4 is 19.6 Å². The highest BCUT2D eigenvalue weighted by Crippen LogP contribution is 2.57. The Labute approximate surface area is 348 Å². The molecule has 0 atom stereocenters. The normalized spacial score (nSPS) is 14.6. The SMILES string of the molecule is Cc1cc2c(cc1C)N(c1ccc(C(C)C)cc1)C(C1N(c3ccc(C(C)C)cc3)c3cc(C)c(C)cc3N1c1ccc(C(C)C)cc1)N2c1ccc(C(C)C)cc1. The van der Waals surface area contributed by atoms with Crippen molar-refractivity contribution in [3.05, 3.63) is 166 Å². The van der Waals surface area contributed by atoms with Crippen molar-refractivity contribution in [2.75, 3.05) is 19.6 Å². The van der Waals surface area contributed by atoms with Gasteiger partial charge in [-0.2, -0.15) is 0 Å². The number of rotatable bonds is 9. The Morgan fingerprint density at radius 1 is 0.293 bits per heavy atom. The van der Waals surface area contributed by atoms with Crippen LogP contribution in [0.3, 0.4) is 0 Å². The van der Waals surface area contributed by atoms with E-state index in [4.69, 9.17) is 0 Å². The third kappa shape index (κ3) is 6.85. The molecule has 0 N–H and O–H groups in total. The average molecular weight is 767 g/mol. The summed E-state index contributed by atoms with van der Waals surface area (Å²) >= 11 is 0. The highest BCUT2D eigenvalue weighted by Gasteiger charge is 2.52. The fourth-order valence-electron chi connectivity index (χ4n) is 8.92. The third-order valence-electron chi connectivity index (χ3n) is 12.9. The van der Waals surface area contributed by atoms with Gasteiger partial charge in [0.25, 0.3) is 0 Å². The van der Waals surface area contributed by atoms with Gasteiger partial charge in [-0.1, -0.05) is 104 Å². The van der Waals surface area contributed by atoms with Gasteiger partial charge in [-0.15, -0.1) is 0 Å². The van der Waals surface area contributed by atoms with Gasteiger partial charge < -0.3 is 19.6 Å². The van der Waals surface area contributed by atoms with E-state index >= 15 is 0 Å². The van der Waals surface area contributed by atoms with Gasteiger partial charge in [0, 0.05) is 22.7 Å². The van der Waals surface area contributed by atoms with Crippen LogP contribution in [-0.2, 0) is 0 Å². The molecule has 4 nitrogen and oxygen atoms in total. The van der Waals surface area contributed by atoms with Gasteiger partial charge in [0.1, 0.15) is 0 Å². The minimum Gasteiger partial charge on any atom is -0.314 e. The predicted octanol–water partition coefficient (Wildman–Crippen LogP) is 15.3. The van der Waals surface area contributed by atoms with Gasteiger partial charge in [-0.25, -0.2) is 0 Å². The van der Waals surface area contributed by atoms with E-state index in [1.165, 1.54) is 90.0 Å². The lowest BCUT2D eigenvalue weighted by atomic mass is 10.0. The Morgan fingerprint density at radius 3 is 0.621 bits per heavy atom. The molecule has 0 saturated heterocycles. The highest BCUT2D eigenvalue weighted by molar-refractivity contribution is 5.95. The Balaban J connectivity index is 1.46. The van der Waals surface area contributed by atoms with Gasteiger partial charge in [0.05, 0.1) is 22.7 Å². The van der Waals surface area contributed by atoms with E-state index in [-0.39, 0.29) is 12.3 Å². The number of benzene rings is 6. The van der Waals surface area contributed by atoms with Crippen LogP contribution in [0, 0.1) is 27.7 Å². The monoisotopic (exact) mass is 766 g/mol. The Hall–Kier alpha value is -5.48. The topological polar surface area (TPSA) is 13.0 Å². The summed E-state index contributed by atoms with van der Waals surface area (Å²) in [6.45, 7) is 27.3. The molecule has 298 valence electrons. The molecule has 0 fully saturated rings. The fourth-order valence-corrected chi connectivity index (χ4v) is 8.92. The Morgan fingerprint density at radius 2 is 0.466 bits per heavy atom. The van der Waals surface area contributed by atoms with Gasteiger partial charge in [0.15, 0.2) is 12.3 Å². The molecule has 2 heterocycles. The lowest BCUT2D eigenvalue weighted by Crippen LogP contribution is -2.58.